The summed E-state index contributed by atoms with van der Waals surface area (Å²) in [6.45, 7) is 0.735. The number of hydrogen-bond donors (Lipinski definition) is 1. The van der Waals surface area contributed by atoms with E-state index in [0.29, 0.717) is 19.4 Å². The first-order chi connectivity index (χ1) is 11.2. The van der Waals surface area contributed by atoms with Crippen molar-refractivity contribution in [2.24, 2.45) is 0 Å². The number of carbonyl (C=O) groups excluding carboxylic acids is 1. The third-order valence-electron chi connectivity index (χ3n) is 3.70. The molecule has 0 saturated carbocycles. The molecule has 5 heteroatoms. The second kappa shape index (κ2) is 7.05. The van der Waals surface area contributed by atoms with Crippen molar-refractivity contribution in [2.75, 3.05) is 13.9 Å². The Morgan fingerprint density at radius 1 is 1.13 bits per heavy atom. The Morgan fingerprint density at radius 3 is 2.87 bits per heavy atom. The zero-order valence-electron chi connectivity index (χ0n) is 13.0. The van der Waals surface area contributed by atoms with Gasteiger partial charge in [-0.2, -0.15) is 0 Å². The number of rotatable bonds is 6. The Morgan fingerprint density at radius 2 is 2.00 bits per heavy atom. The van der Waals surface area contributed by atoms with Gasteiger partial charge in [0.05, 0.1) is 7.11 Å². The van der Waals surface area contributed by atoms with Crippen LogP contribution in [0, 0.1) is 0 Å². The number of methoxy groups -OCH3 is 1. The summed E-state index contributed by atoms with van der Waals surface area (Å²) in [6, 6.07) is 13.4. The standard InChI is InChI=1S/C18H19NO4/c1-21-15-4-2-3-13(9-15)6-8-18(20)19-11-14-5-7-16-17(10-14)23-12-22-16/h2-5,7,9-10H,6,8,11-12H2,1H3,(H,19,20). The van der Waals surface area contributed by atoms with Crippen LogP contribution in [0.15, 0.2) is 42.5 Å². The molecule has 3 rings (SSSR count). The number of hydrogen-bond acceptors (Lipinski definition) is 4. The third-order valence-corrected chi connectivity index (χ3v) is 3.70. The van der Waals surface area contributed by atoms with Crippen molar-refractivity contribution >= 4 is 5.91 Å². The highest BCUT2D eigenvalue weighted by Gasteiger charge is 2.13. The number of benzene rings is 2. The lowest BCUT2D eigenvalue weighted by Gasteiger charge is -2.07. The largest absolute Gasteiger partial charge is 0.497 e. The first-order valence-electron chi connectivity index (χ1n) is 7.53. The zero-order valence-corrected chi connectivity index (χ0v) is 13.0. The average Bonchev–Trinajstić information content (AvgIpc) is 3.06. The van der Waals surface area contributed by atoms with Crippen molar-refractivity contribution in [1.29, 1.82) is 0 Å². The van der Waals surface area contributed by atoms with Gasteiger partial charge in [0.1, 0.15) is 5.75 Å². The highest BCUT2D eigenvalue weighted by atomic mass is 16.7. The fourth-order valence-electron chi connectivity index (χ4n) is 2.43. The van der Waals surface area contributed by atoms with E-state index in [-0.39, 0.29) is 12.7 Å². The molecule has 0 saturated heterocycles. The van der Waals surface area contributed by atoms with E-state index >= 15 is 0 Å². The van der Waals surface area contributed by atoms with Gasteiger partial charge in [-0.25, -0.2) is 0 Å². The number of aryl methyl sites for hydroxylation is 1. The molecule has 1 N–H and O–H groups in total. The molecule has 5 nitrogen and oxygen atoms in total. The molecule has 23 heavy (non-hydrogen) atoms. The molecule has 0 bridgehead atoms. The lowest BCUT2D eigenvalue weighted by Crippen LogP contribution is -2.22. The summed E-state index contributed by atoms with van der Waals surface area (Å²) in [5.74, 6) is 2.31. The second-order valence-corrected chi connectivity index (χ2v) is 5.32. The zero-order chi connectivity index (χ0) is 16.1. The normalized spacial score (nSPS) is 12.0. The van der Waals surface area contributed by atoms with E-state index in [4.69, 9.17) is 14.2 Å². The summed E-state index contributed by atoms with van der Waals surface area (Å²) in [7, 11) is 1.64. The minimum absolute atomic E-state index is 0.0190. The highest BCUT2D eigenvalue weighted by molar-refractivity contribution is 5.76. The van der Waals surface area contributed by atoms with Crippen LogP contribution in [-0.2, 0) is 17.8 Å². The Hall–Kier alpha value is -2.69. The van der Waals surface area contributed by atoms with Crippen molar-refractivity contribution in [1.82, 2.24) is 5.32 Å². The van der Waals surface area contributed by atoms with Gasteiger partial charge >= 0.3 is 0 Å². The van der Waals surface area contributed by atoms with Gasteiger partial charge in [0.2, 0.25) is 12.7 Å². The molecule has 2 aromatic rings. The van der Waals surface area contributed by atoms with Crippen molar-refractivity contribution < 1.29 is 19.0 Å². The van der Waals surface area contributed by atoms with Gasteiger partial charge in [0.15, 0.2) is 11.5 Å². The maximum Gasteiger partial charge on any atom is 0.231 e. The van der Waals surface area contributed by atoms with E-state index in [1.54, 1.807) is 7.11 Å². The van der Waals surface area contributed by atoms with E-state index < -0.39 is 0 Å². The topological polar surface area (TPSA) is 56.8 Å². The van der Waals surface area contributed by atoms with E-state index in [9.17, 15) is 4.79 Å². The predicted octanol–water partition coefficient (Wildman–Crippen LogP) is 2.67. The minimum Gasteiger partial charge on any atom is -0.497 e. The SMILES string of the molecule is COc1cccc(CCC(=O)NCc2ccc3c(c2)OCO3)c1. The van der Waals surface area contributed by atoms with Gasteiger partial charge in [-0.05, 0) is 41.8 Å². The molecule has 120 valence electrons. The number of ether oxygens (including phenoxy) is 3. The van der Waals surface area contributed by atoms with Gasteiger partial charge in [-0.1, -0.05) is 18.2 Å². The maximum absolute atomic E-state index is 12.0. The van der Waals surface area contributed by atoms with Crippen LogP contribution in [0.4, 0.5) is 0 Å². The van der Waals surface area contributed by atoms with E-state index in [2.05, 4.69) is 5.32 Å². The Balaban J connectivity index is 1.48. The summed E-state index contributed by atoms with van der Waals surface area (Å²) in [5, 5.41) is 2.92. The molecule has 0 spiro atoms. The van der Waals surface area contributed by atoms with Crippen LogP contribution in [0.2, 0.25) is 0 Å². The molecule has 0 atom stereocenters. The molecule has 0 aromatic heterocycles. The number of fused-ring (bicyclic) bond motifs is 1. The van der Waals surface area contributed by atoms with E-state index in [1.165, 1.54) is 0 Å². The molecule has 0 aliphatic carbocycles. The smallest absolute Gasteiger partial charge is 0.231 e. The first kappa shape index (κ1) is 15.2. The molecular formula is C18H19NO4. The van der Waals surface area contributed by atoms with Crippen LogP contribution in [0.3, 0.4) is 0 Å². The molecule has 0 radical (unpaired) electrons. The number of carbonyl (C=O) groups is 1. The summed E-state index contributed by atoms with van der Waals surface area (Å²) >= 11 is 0. The van der Waals surface area contributed by atoms with Crippen LogP contribution in [0.25, 0.3) is 0 Å². The average molecular weight is 313 g/mol. The van der Waals surface area contributed by atoms with Gasteiger partial charge < -0.3 is 19.5 Å². The Bertz CT molecular complexity index is 699. The number of amides is 1. The lowest BCUT2D eigenvalue weighted by atomic mass is 10.1. The monoisotopic (exact) mass is 313 g/mol. The van der Waals surface area contributed by atoms with Crippen molar-refractivity contribution in [3.63, 3.8) is 0 Å². The predicted molar refractivity (Wildman–Crippen MR) is 85.7 cm³/mol. The minimum atomic E-state index is 0.0190. The summed E-state index contributed by atoms with van der Waals surface area (Å²) < 4.78 is 15.8. The van der Waals surface area contributed by atoms with Crippen LogP contribution >= 0.6 is 0 Å². The molecule has 1 heterocycles. The molecule has 0 unspecified atom stereocenters. The molecule has 1 aliphatic rings. The quantitative estimate of drug-likeness (QED) is 0.891. The third kappa shape index (κ3) is 3.94. The van der Waals surface area contributed by atoms with Crippen LogP contribution < -0.4 is 19.5 Å². The first-order valence-corrected chi connectivity index (χ1v) is 7.53. The van der Waals surface area contributed by atoms with Gasteiger partial charge in [0, 0.05) is 13.0 Å². The highest BCUT2D eigenvalue weighted by Crippen LogP contribution is 2.32. The van der Waals surface area contributed by atoms with Crippen LogP contribution in [-0.4, -0.2) is 19.8 Å². The Labute approximate surface area is 135 Å². The van der Waals surface area contributed by atoms with Gasteiger partial charge in [-0.15, -0.1) is 0 Å². The van der Waals surface area contributed by atoms with Gasteiger partial charge in [-0.3, -0.25) is 4.79 Å². The molecule has 1 amide bonds. The summed E-state index contributed by atoms with van der Waals surface area (Å²) in [6.07, 6.45) is 1.13. The Kier molecular flexibility index (Phi) is 4.66. The second-order valence-electron chi connectivity index (χ2n) is 5.32. The number of nitrogens with one attached hydrogen (secondary N) is 1. The molecular weight excluding hydrogens is 294 g/mol. The van der Waals surface area contributed by atoms with Crippen LogP contribution in [0.5, 0.6) is 17.2 Å². The van der Waals surface area contributed by atoms with Gasteiger partial charge in [0.25, 0.3) is 0 Å². The fourth-order valence-corrected chi connectivity index (χ4v) is 2.43. The molecule has 0 fully saturated rings. The molecule has 1 aliphatic heterocycles. The van der Waals surface area contributed by atoms with E-state index in [1.807, 2.05) is 42.5 Å². The maximum atomic E-state index is 12.0. The fraction of sp³-hybridized carbons (Fsp3) is 0.278. The summed E-state index contributed by atoms with van der Waals surface area (Å²) in [4.78, 5) is 12.0. The molecule has 2 aromatic carbocycles. The van der Waals surface area contributed by atoms with Crippen molar-refractivity contribution in [3.05, 3.63) is 53.6 Å². The summed E-state index contributed by atoms with van der Waals surface area (Å²) in [5.41, 5.74) is 2.08. The van der Waals surface area contributed by atoms with Crippen molar-refractivity contribution in [2.45, 2.75) is 19.4 Å². The van der Waals surface area contributed by atoms with E-state index in [0.717, 1.165) is 28.4 Å². The van der Waals surface area contributed by atoms with Crippen molar-refractivity contribution in [3.8, 4) is 17.2 Å². The lowest BCUT2D eigenvalue weighted by molar-refractivity contribution is -0.121. The van der Waals surface area contributed by atoms with Crippen LogP contribution in [0.1, 0.15) is 17.5 Å².